The largest absolute Gasteiger partial charge is 0.311 e. The third kappa shape index (κ3) is 4.59. The van der Waals surface area contributed by atoms with Crippen LogP contribution in [-0.4, -0.2) is 35.6 Å². The van der Waals surface area contributed by atoms with Crippen LogP contribution in [0.5, 0.6) is 0 Å². The van der Waals surface area contributed by atoms with Crippen molar-refractivity contribution in [3.63, 3.8) is 0 Å². The van der Waals surface area contributed by atoms with Gasteiger partial charge in [0.25, 0.3) is 0 Å². The first-order valence-corrected chi connectivity index (χ1v) is 7.36. The van der Waals surface area contributed by atoms with Gasteiger partial charge in [0.2, 0.25) is 0 Å². The van der Waals surface area contributed by atoms with Gasteiger partial charge in [0.05, 0.1) is 0 Å². The lowest BCUT2D eigenvalue weighted by Gasteiger charge is -2.37. The van der Waals surface area contributed by atoms with Crippen molar-refractivity contribution < 1.29 is 0 Å². The summed E-state index contributed by atoms with van der Waals surface area (Å²) in [6.07, 6.45) is 4.09. The number of nitrogens with one attached hydrogen (secondary N) is 1. The Balaban J connectivity index is 2.59. The molecule has 1 aliphatic heterocycles. The quantitative estimate of drug-likeness (QED) is 0.793. The molecule has 0 aliphatic carbocycles. The molecular formula is C15H32N2. The smallest absolute Gasteiger partial charge is 0.0246 e. The summed E-state index contributed by atoms with van der Waals surface area (Å²) in [6.45, 7) is 16.2. The van der Waals surface area contributed by atoms with E-state index in [9.17, 15) is 0 Å². The Morgan fingerprint density at radius 2 is 1.94 bits per heavy atom. The molecule has 0 bridgehead atoms. The van der Waals surface area contributed by atoms with Crippen LogP contribution in [0.4, 0.5) is 0 Å². The normalized spacial score (nSPS) is 24.5. The van der Waals surface area contributed by atoms with Gasteiger partial charge in [-0.2, -0.15) is 0 Å². The van der Waals surface area contributed by atoms with Gasteiger partial charge in [-0.25, -0.2) is 0 Å². The Morgan fingerprint density at radius 1 is 1.29 bits per heavy atom. The van der Waals surface area contributed by atoms with E-state index in [4.69, 9.17) is 0 Å². The molecule has 17 heavy (non-hydrogen) atoms. The highest BCUT2D eigenvalue weighted by Crippen LogP contribution is 2.25. The molecule has 2 heteroatoms. The molecule has 102 valence electrons. The van der Waals surface area contributed by atoms with E-state index in [2.05, 4.69) is 51.8 Å². The summed E-state index contributed by atoms with van der Waals surface area (Å²) < 4.78 is 0. The highest BCUT2D eigenvalue weighted by molar-refractivity contribution is 4.88. The maximum absolute atomic E-state index is 3.68. The first kappa shape index (κ1) is 15.0. The number of hydrogen-bond acceptors (Lipinski definition) is 2. The molecular weight excluding hydrogens is 208 g/mol. The number of likely N-dealkylation sites (tertiary alicyclic amines) is 1. The van der Waals surface area contributed by atoms with Gasteiger partial charge in [0.1, 0.15) is 0 Å². The molecule has 1 N–H and O–H groups in total. The van der Waals surface area contributed by atoms with Crippen LogP contribution in [0, 0.1) is 5.92 Å². The lowest BCUT2D eigenvalue weighted by molar-refractivity contribution is 0.128. The summed E-state index contributed by atoms with van der Waals surface area (Å²) in [5, 5.41) is 3.68. The zero-order chi connectivity index (χ0) is 13.1. The first-order chi connectivity index (χ1) is 7.85. The molecule has 1 saturated heterocycles. The summed E-state index contributed by atoms with van der Waals surface area (Å²) in [7, 11) is 0. The van der Waals surface area contributed by atoms with Gasteiger partial charge in [0, 0.05) is 24.2 Å². The van der Waals surface area contributed by atoms with Crippen molar-refractivity contribution >= 4 is 0 Å². The molecule has 0 aromatic rings. The van der Waals surface area contributed by atoms with E-state index >= 15 is 0 Å². The molecule has 0 aromatic heterocycles. The minimum atomic E-state index is 0.231. The molecule has 0 radical (unpaired) electrons. The fourth-order valence-corrected chi connectivity index (χ4v) is 2.88. The number of nitrogens with zero attached hydrogens (tertiary/aromatic N) is 1. The van der Waals surface area contributed by atoms with Gasteiger partial charge in [0.15, 0.2) is 0 Å². The Kier molecular flexibility index (Phi) is 5.46. The molecule has 0 aromatic carbocycles. The molecule has 1 heterocycles. The maximum atomic E-state index is 3.68. The molecule has 2 nitrogen and oxygen atoms in total. The number of rotatable bonds is 5. The van der Waals surface area contributed by atoms with E-state index in [0.29, 0.717) is 6.04 Å². The van der Waals surface area contributed by atoms with Crippen molar-refractivity contribution in [2.24, 2.45) is 5.92 Å². The van der Waals surface area contributed by atoms with Gasteiger partial charge in [-0.3, -0.25) is 4.90 Å². The Labute approximate surface area is 108 Å². The Bertz CT molecular complexity index is 217. The van der Waals surface area contributed by atoms with Crippen molar-refractivity contribution in [3.05, 3.63) is 0 Å². The minimum Gasteiger partial charge on any atom is -0.311 e. The molecule has 1 aliphatic rings. The minimum absolute atomic E-state index is 0.231. The topological polar surface area (TPSA) is 15.3 Å². The van der Waals surface area contributed by atoms with Gasteiger partial charge in [-0.15, -0.1) is 0 Å². The second-order valence-corrected chi connectivity index (χ2v) is 6.88. The summed E-state index contributed by atoms with van der Waals surface area (Å²) in [4.78, 5) is 2.75. The summed E-state index contributed by atoms with van der Waals surface area (Å²) in [5.41, 5.74) is 0.231. The fraction of sp³-hybridized carbons (Fsp3) is 1.00. The zero-order valence-electron chi connectivity index (χ0n) is 12.7. The predicted molar refractivity (Wildman–Crippen MR) is 76.4 cm³/mol. The molecule has 1 fully saturated rings. The van der Waals surface area contributed by atoms with E-state index in [0.717, 1.165) is 18.5 Å². The third-order valence-electron chi connectivity index (χ3n) is 3.93. The zero-order valence-corrected chi connectivity index (χ0v) is 12.7. The lowest BCUT2D eigenvalue weighted by Crippen LogP contribution is -2.51. The SMILES string of the molecule is CCC1CCCN1C(CNC(C)(C)C)C(C)C. The van der Waals surface area contributed by atoms with Crippen LogP contribution in [0.3, 0.4) is 0 Å². The molecule has 1 rings (SSSR count). The summed E-state index contributed by atoms with van der Waals surface area (Å²) >= 11 is 0. The molecule has 2 unspecified atom stereocenters. The molecule has 0 amide bonds. The van der Waals surface area contributed by atoms with Crippen LogP contribution >= 0.6 is 0 Å². The average molecular weight is 240 g/mol. The van der Waals surface area contributed by atoms with E-state index in [1.165, 1.54) is 25.8 Å². The Morgan fingerprint density at radius 3 is 2.41 bits per heavy atom. The van der Waals surface area contributed by atoms with Crippen molar-refractivity contribution in [3.8, 4) is 0 Å². The first-order valence-electron chi connectivity index (χ1n) is 7.36. The highest BCUT2D eigenvalue weighted by Gasteiger charge is 2.31. The second kappa shape index (κ2) is 6.19. The van der Waals surface area contributed by atoms with Crippen LogP contribution < -0.4 is 5.32 Å². The fourth-order valence-electron chi connectivity index (χ4n) is 2.88. The summed E-state index contributed by atoms with van der Waals surface area (Å²) in [6, 6.07) is 1.52. The monoisotopic (exact) mass is 240 g/mol. The van der Waals surface area contributed by atoms with Crippen LogP contribution in [0.2, 0.25) is 0 Å². The third-order valence-corrected chi connectivity index (χ3v) is 3.93. The average Bonchev–Trinajstić information content (AvgIpc) is 2.63. The van der Waals surface area contributed by atoms with Gasteiger partial charge in [-0.1, -0.05) is 20.8 Å². The van der Waals surface area contributed by atoms with E-state index in [1.54, 1.807) is 0 Å². The van der Waals surface area contributed by atoms with Crippen molar-refractivity contribution in [1.29, 1.82) is 0 Å². The summed E-state index contributed by atoms with van der Waals surface area (Å²) in [5.74, 6) is 0.733. The lowest BCUT2D eigenvalue weighted by atomic mass is 9.99. The van der Waals surface area contributed by atoms with Gasteiger partial charge >= 0.3 is 0 Å². The molecule has 2 atom stereocenters. The predicted octanol–water partition coefficient (Wildman–Crippen LogP) is 3.27. The van der Waals surface area contributed by atoms with Crippen molar-refractivity contribution in [1.82, 2.24) is 10.2 Å². The molecule has 0 spiro atoms. The van der Waals surface area contributed by atoms with Crippen LogP contribution in [0.1, 0.15) is 60.8 Å². The van der Waals surface area contributed by atoms with Gasteiger partial charge in [-0.05, 0) is 52.5 Å². The maximum Gasteiger partial charge on any atom is 0.0246 e. The standard InChI is InChI=1S/C15H32N2/c1-7-13-9-8-10-17(13)14(12(2)3)11-16-15(4,5)6/h12-14,16H,7-11H2,1-6H3. The number of hydrogen-bond donors (Lipinski definition) is 1. The highest BCUT2D eigenvalue weighted by atomic mass is 15.2. The van der Waals surface area contributed by atoms with Crippen molar-refractivity contribution in [2.75, 3.05) is 13.1 Å². The van der Waals surface area contributed by atoms with E-state index < -0.39 is 0 Å². The van der Waals surface area contributed by atoms with E-state index in [1.807, 2.05) is 0 Å². The second-order valence-electron chi connectivity index (χ2n) is 6.88. The van der Waals surface area contributed by atoms with Crippen LogP contribution in [0.15, 0.2) is 0 Å². The van der Waals surface area contributed by atoms with Crippen molar-refractivity contribution in [2.45, 2.75) is 78.4 Å². The van der Waals surface area contributed by atoms with Crippen LogP contribution in [0.25, 0.3) is 0 Å². The van der Waals surface area contributed by atoms with E-state index in [-0.39, 0.29) is 5.54 Å². The van der Waals surface area contributed by atoms with Gasteiger partial charge < -0.3 is 5.32 Å². The Hall–Kier alpha value is -0.0800. The molecule has 0 saturated carbocycles. The van der Waals surface area contributed by atoms with Crippen LogP contribution in [-0.2, 0) is 0 Å².